The molecule has 2 fully saturated rings. The lowest BCUT2D eigenvalue weighted by Crippen LogP contribution is -2.58. The molecule has 4 atom stereocenters. The Morgan fingerprint density at radius 3 is 1.98 bits per heavy atom. The van der Waals surface area contributed by atoms with Crippen molar-refractivity contribution in [2.45, 2.75) is 126 Å². The number of carbonyl (C=O) groups is 5. The van der Waals surface area contributed by atoms with Gasteiger partial charge in [0.2, 0.25) is 17.7 Å². The summed E-state index contributed by atoms with van der Waals surface area (Å²) in [6.07, 6.45) is -4.23. The van der Waals surface area contributed by atoms with Gasteiger partial charge < -0.3 is 30.3 Å². The summed E-state index contributed by atoms with van der Waals surface area (Å²) in [7, 11) is -2.69. The van der Waals surface area contributed by atoms with Crippen LogP contribution in [0.15, 0.2) is 72.8 Å². The predicted octanol–water partition coefficient (Wildman–Crippen LogP) is 6.77. The minimum Gasteiger partial charge on any atom is -0.497 e. The van der Waals surface area contributed by atoms with Gasteiger partial charge in [-0.25, -0.2) is 13.2 Å². The topological polar surface area (TPSA) is 177 Å². The second-order valence-electron chi connectivity index (χ2n) is 17.8. The molecule has 1 saturated carbocycles. The number of rotatable bonds is 16. The number of Topliss-reactive ketones (excluding diaryl/α,β-unsaturated/α-hetero) is 1. The second-order valence-corrected chi connectivity index (χ2v) is 20.5. The minimum atomic E-state index is -5.30. The van der Waals surface area contributed by atoms with Crippen molar-refractivity contribution in [1.82, 2.24) is 20.9 Å². The van der Waals surface area contributed by atoms with Crippen LogP contribution in [0.25, 0.3) is 0 Å². The lowest BCUT2D eigenvalue weighted by Gasteiger charge is -2.34. The molecule has 0 unspecified atom stereocenters. The highest BCUT2D eigenvalue weighted by atomic mass is 35.5. The first-order chi connectivity index (χ1) is 29.9. The zero-order valence-corrected chi connectivity index (χ0v) is 38.3. The summed E-state index contributed by atoms with van der Waals surface area (Å²) >= 11 is 6.20. The van der Waals surface area contributed by atoms with Gasteiger partial charge in [0.05, 0.1) is 29.6 Å². The SMILES string of the molecule is COc1ccc(CS(=O)(=O)[C@@H]2C[C@@H](C(=O)N[C@H](C(=O)C(F)(F)F)C(C)C)N(C(=O)[C@H](Cc3ccc(CNC(=O)OC(C)(C)C)cc3)NC(=O)C3(c4ccc(Cl)cc4)CCCC3)C2)cc1. The highest BCUT2D eigenvalue weighted by Gasteiger charge is 2.51. The van der Waals surface area contributed by atoms with E-state index in [0.29, 0.717) is 58.7 Å². The van der Waals surface area contributed by atoms with Crippen molar-refractivity contribution < 1.29 is 55.0 Å². The fourth-order valence-electron chi connectivity index (χ4n) is 8.19. The van der Waals surface area contributed by atoms with E-state index in [4.69, 9.17) is 21.1 Å². The number of sulfone groups is 1. The molecule has 3 aromatic carbocycles. The molecule has 4 amide bonds. The van der Waals surface area contributed by atoms with Crippen molar-refractivity contribution in [3.8, 4) is 5.75 Å². The van der Waals surface area contributed by atoms with Crippen LogP contribution in [0.5, 0.6) is 5.75 Å². The highest BCUT2D eigenvalue weighted by molar-refractivity contribution is 7.91. The highest BCUT2D eigenvalue weighted by Crippen LogP contribution is 2.42. The zero-order chi connectivity index (χ0) is 47.2. The van der Waals surface area contributed by atoms with Crippen LogP contribution in [-0.4, -0.2) is 91.7 Å². The average molecular weight is 933 g/mol. The first kappa shape index (κ1) is 49.8. The fourth-order valence-corrected chi connectivity index (χ4v) is 10.1. The van der Waals surface area contributed by atoms with Crippen LogP contribution in [-0.2, 0) is 57.9 Å². The maximum absolute atomic E-state index is 15.1. The first-order valence-corrected chi connectivity index (χ1v) is 23.2. The van der Waals surface area contributed by atoms with Crippen molar-refractivity contribution in [1.29, 1.82) is 0 Å². The molecule has 0 radical (unpaired) electrons. The minimum absolute atomic E-state index is 0.114. The summed E-state index contributed by atoms with van der Waals surface area (Å²) in [4.78, 5) is 69.7. The Hall–Kier alpha value is -5.16. The van der Waals surface area contributed by atoms with E-state index in [2.05, 4.69) is 16.0 Å². The lowest BCUT2D eigenvalue weighted by atomic mass is 9.77. The number of carbonyl (C=O) groups excluding carboxylic acids is 5. The van der Waals surface area contributed by atoms with E-state index in [0.717, 1.165) is 4.90 Å². The molecule has 18 heteroatoms. The monoisotopic (exact) mass is 932 g/mol. The summed E-state index contributed by atoms with van der Waals surface area (Å²) in [6, 6.07) is 14.8. The molecule has 3 aromatic rings. The van der Waals surface area contributed by atoms with Crippen molar-refractivity contribution >= 4 is 51.0 Å². The van der Waals surface area contributed by atoms with Crippen molar-refractivity contribution in [2.24, 2.45) is 5.92 Å². The number of amides is 4. The van der Waals surface area contributed by atoms with Crippen molar-refractivity contribution in [3.63, 3.8) is 0 Å². The van der Waals surface area contributed by atoms with E-state index in [1.165, 1.54) is 21.0 Å². The van der Waals surface area contributed by atoms with Crippen molar-refractivity contribution in [2.75, 3.05) is 13.7 Å². The summed E-state index contributed by atoms with van der Waals surface area (Å²) in [5, 5.41) is 6.91. The quantitative estimate of drug-likeness (QED) is 0.140. The molecule has 1 heterocycles. The van der Waals surface area contributed by atoms with Gasteiger partial charge in [0.15, 0.2) is 9.84 Å². The third-order valence-corrected chi connectivity index (χ3v) is 13.9. The number of ketones is 1. The molecule has 64 heavy (non-hydrogen) atoms. The Balaban J connectivity index is 1.51. The fraction of sp³-hybridized carbons (Fsp3) is 0.500. The standard InChI is InChI=1S/C46H56ClF3N4O9S/c1-28(2)38(39(55)46(48,49)50)53-40(56)37-24-35(64(60,61)27-31-13-19-34(62-6)20-14-31)26-54(37)41(57)36(23-29-9-11-30(12-10-29)25-51-43(59)63-44(3,4)5)52-42(58)45(21-7-8-22-45)32-15-17-33(47)18-16-32/h9-20,28,35-38H,7-8,21-27H2,1-6H3,(H,51,59)(H,52,58)(H,53,56)/t35-,36+,37+,38+/m1/s1. The van der Waals surface area contributed by atoms with Gasteiger partial charge in [-0.2, -0.15) is 13.2 Å². The first-order valence-electron chi connectivity index (χ1n) is 21.1. The molecule has 348 valence electrons. The molecule has 1 saturated heterocycles. The predicted molar refractivity (Wildman–Crippen MR) is 234 cm³/mol. The van der Waals surface area contributed by atoms with E-state index in [9.17, 15) is 40.8 Å². The molecule has 13 nitrogen and oxygen atoms in total. The van der Waals surface area contributed by atoms with E-state index >= 15 is 4.79 Å². The third kappa shape index (κ3) is 12.5. The van der Waals surface area contributed by atoms with Crippen LogP contribution >= 0.6 is 11.6 Å². The summed E-state index contributed by atoms with van der Waals surface area (Å²) < 4.78 is 79.9. The maximum atomic E-state index is 15.1. The van der Waals surface area contributed by atoms with Crippen LogP contribution in [0.3, 0.4) is 0 Å². The lowest BCUT2D eigenvalue weighted by molar-refractivity contribution is -0.175. The molecular formula is C46H56ClF3N4O9S. The van der Waals surface area contributed by atoms with Gasteiger partial charge in [0, 0.05) is 24.5 Å². The van der Waals surface area contributed by atoms with Gasteiger partial charge in [-0.15, -0.1) is 0 Å². The van der Waals surface area contributed by atoms with Gasteiger partial charge in [0.25, 0.3) is 5.78 Å². The van der Waals surface area contributed by atoms with Crippen molar-refractivity contribution in [3.05, 3.63) is 100 Å². The van der Waals surface area contributed by atoms with Crippen LogP contribution in [0.2, 0.25) is 5.02 Å². The Morgan fingerprint density at radius 2 is 1.44 bits per heavy atom. The molecule has 1 aliphatic heterocycles. The van der Waals surface area contributed by atoms with Gasteiger partial charge >= 0.3 is 12.3 Å². The number of nitrogens with zero attached hydrogens (tertiary/aromatic N) is 1. The number of hydrogen-bond donors (Lipinski definition) is 3. The number of ether oxygens (including phenoxy) is 2. The second kappa shape index (κ2) is 20.3. The molecule has 3 N–H and O–H groups in total. The third-order valence-electron chi connectivity index (χ3n) is 11.6. The summed E-state index contributed by atoms with van der Waals surface area (Å²) in [5.41, 5.74) is 0.527. The molecule has 0 bridgehead atoms. The largest absolute Gasteiger partial charge is 0.497 e. The molecule has 5 rings (SSSR count). The number of alkyl carbamates (subject to hydrolysis) is 1. The molecule has 2 aliphatic rings. The summed E-state index contributed by atoms with van der Waals surface area (Å²) in [5.74, 6) is -5.70. The van der Waals surface area contributed by atoms with Crippen LogP contribution in [0.1, 0.15) is 89.0 Å². The average Bonchev–Trinajstić information content (AvgIpc) is 3.91. The smallest absolute Gasteiger partial charge is 0.452 e. The maximum Gasteiger partial charge on any atom is 0.452 e. The number of likely N-dealkylation sites (tertiary alicyclic amines) is 1. The number of methoxy groups -OCH3 is 1. The Labute approximate surface area is 377 Å². The number of benzene rings is 3. The Bertz CT molecular complexity index is 2260. The van der Waals surface area contributed by atoms with E-state index < -0.39 is 105 Å². The molecule has 1 aliphatic carbocycles. The number of halogens is 4. The van der Waals surface area contributed by atoms with Gasteiger partial charge in [-0.05, 0) is 92.5 Å². The van der Waals surface area contributed by atoms with Gasteiger partial charge in [-0.3, -0.25) is 19.2 Å². The summed E-state index contributed by atoms with van der Waals surface area (Å²) in [6.45, 7) is 7.42. The van der Waals surface area contributed by atoms with Crippen LogP contribution < -0.4 is 20.7 Å². The van der Waals surface area contributed by atoms with Gasteiger partial charge in [-0.1, -0.05) is 86.8 Å². The number of alkyl halides is 3. The van der Waals surface area contributed by atoms with E-state index in [-0.39, 0.29) is 13.0 Å². The molecule has 0 aromatic heterocycles. The molecule has 0 spiro atoms. The zero-order valence-electron chi connectivity index (χ0n) is 36.7. The van der Waals surface area contributed by atoms with E-state index in [1.807, 2.05) is 0 Å². The van der Waals surface area contributed by atoms with Crippen LogP contribution in [0, 0.1) is 5.92 Å². The van der Waals surface area contributed by atoms with Crippen LogP contribution in [0.4, 0.5) is 18.0 Å². The Kier molecular flexibility index (Phi) is 15.8. The van der Waals surface area contributed by atoms with Gasteiger partial charge in [0.1, 0.15) is 23.4 Å². The van der Waals surface area contributed by atoms with E-state index in [1.54, 1.807) is 93.6 Å². The Morgan fingerprint density at radius 1 is 0.859 bits per heavy atom. The number of hydrogen-bond acceptors (Lipinski definition) is 9. The molecular weight excluding hydrogens is 877 g/mol. The normalized spacial score (nSPS) is 18.5. The number of nitrogens with one attached hydrogen (secondary N) is 3.